The molecule has 0 aliphatic carbocycles. The van der Waals surface area contributed by atoms with E-state index in [9.17, 15) is 9.59 Å². The number of benzene rings is 1. The Labute approximate surface area is 130 Å². The van der Waals surface area contributed by atoms with E-state index in [1.165, 1.54) is 0 Å². The number of carbonyl (C=O) groups excluding carboxylic acids is 2. The van der Waals surface area contributed by atoms with Gasteiger partial charge in [-0.05, 0) is 31.6 Å². The maximum absolute atomic E-state index is 11.9. The summed E-state index contributed by atoms with van der Waals surface area (Å²) in [6.45, 7) is 3.72. The van der Waals surface area contributed by atoms with Crippen LogP contribution in [-0.4, -0.2) is 19.1 Å². The van der Waals surface area contributed by atoms with E-state index in [4.69, 9.17) is 0 Å². The fraction of sp³-hybridized carbons (Fsp3) is 0.250. The Kier molecular flexibility index (Phi) is 7.25. The number of hydrogen-bond acceptors (Lipinski definition) is 2. The lowest BCUT2D eigenvalue weighted by Crippen LogP contribution is -2.32. The SMILES string of the molecule is C/C=C(\C=C(\CC)NC(=O)Nc1ccccc1)NC(=O)NC. The monoisotopic (exact) mass is 302 g/mol. The number of anilines is 1. The minimum atomic E-state index is -0.324. The second kappa shape index (κ2) is 9.23. The molecule has 6 heteroatoms. The highest BCUT2D eigenvalue weighted by atomic mass is 16.2. The first kappa shape index (κ1) is 17.3. The molecule has 1 rings (SSSR count). The van der Waals surface area contributed by atoms with Gasteiger partial charge in [0.25, 0.3) is 0 Å². The van der Waals surface area contributed by atoms with Crippen LogP contribution in [-0.2, 0) is 0 Å². The van der Waals surface area contributed by atoms with Gasteiger partial charge in [0.1, 0.15) is 0 Å². The fourth-order valence-corrected chi connectivity index (χ4v) is 1.63. The molecule has 0 unspecified atom stereocenters. The Balaban J connectivity index is 2.68. The molecule has 0 aromatic heterocycles. The van der Waals surface area contributed by atoms with Gasteiger partial charge in [-0.3, -0.25) is 0 Å². The number of para-hydroxylation sites is 1. The lowest BCUT2D eigenvalue weighted by atomic mass is 10.2. The topological polar surface area (TPSA) is 82.3 Å². The number of allylic oxidation sites excluding steroid dienone is 3. The zero-order chi connectivity index (χ0) is 16.4. The first-order valence-electron chi connectivity index (χ1n) is 7.07. The summed E-state index contributed by atoms with van der Waals surface area (Å²) in [6, 6.07) is 8.54. The molecule has 0 atom stereocenters. The summed E-state index contributed by atoms with van der Waals surface area (Å²) >= 11 is 0. The summed E-state index contributed by atoms with van der Waals surface area (Å²) in [6.07, 6.45) is 4.09. The van der Waals surface area contributed by atoms with Crippen LogP contribution in [0, 0.1) is 0 Å². The van der Waals surface area contributed by atoms with Crippen LogP contribution in [0.5, 0.6) is 0 Å². The molecule has 0 aliphatic rings. The number of hydrogen-bond donors (Lipinski definition) is 4. The zero-order valence-corrected chi connectivity index (χ0v) is 13.1. The van der Waals surface area contributed by atoms with Gasteiger partial charge in [0.05, 0.1) is 0 Å². The quantitative estimate of drug-likeness (QED) is 0.631. The van der Waals surface area contributed by atoms with Crippen molar-refractivity contribution in [3.8, 4) is 0 Å². The van der Waals surface area contributed by atoms with Gasteiger partial charge in [-0.25, -0.2) is 9.59 Å². The largest absolute Gasteiger partial charge is 0.341 e. The average Bonchev–Trinajstić information content (AvgIpc) is 2.53. The Morgan fingerprint density at radius 1 is 1.09 bits per heavy atom. The van der Waals surface area contributed by atoms with Crippen molar-refractivity contribution >= 4 is 17.7 Å². The van der Waals surface area contributed by atoms with Crippen molar-refractivity contribution < 1.29 is 9.59 Å². The normalized spacial score (nSPS) is 11.6. The number of nitrogens with one attached hydrogen (secondary N) is 4. The molecule has 0 saturated heterocycles. The first-order valence-corrected chi connectivity index (χ1v) is 7.07. The molecule has 4 N–H and O–H groups in total. The summed E-state index contributed by atoms with van der Waals surface area (Å²) in [7, 11) is 1.54. The molecule has 1 aromatic carbocycles. The van der Waals surface area contributed by atoms with Crippen LogP contribution in [0.2, 0.25) is 0 Å². The summed E-state index contributed by atoms with van der Waals surface area (Å²) in [5.41, 5.74) is 2.01. The molecule has 0 saturated carbocycles. The van der Waals surface area contributed by atoms with Crippen molar-refractivity contribution in [2.45, 2.75) is 20.3 Å². The van der Waals surface area contributed by atoms with E-state index >= 15 is 0 Å². The Morgan fingerprint density at radius 2 is 1.77 bits per heavy atom. The molecule has 0 bridgehead atoms. The molecule has 1 aromatic rings. The van der Waals surface area contributed by atoms with Gasteiger partial charge in [0, 0.05) is 24.1 Å². The summed E-state index contributed by atoms with van der Waals surface area (Å²) in [4.78, 5) is 23.3. The van der Waals surface area contributed by atoms with E-state index in [2.05, 4.69) is 21.3 Å². The Morgan fingerprint density at radius 3 is 2.32 bits per heavy atom. The molecule has 22 heavy (non-hydrogen) atoms. The number of urea groups is 2. The molecule has 0 heterocycles. The van der Waals surface area contributed by atoms with Crippen molar-refractivity contribution in [2.24, 2.45) is 0 Å². The Hall–Kier alpha value is -2.76. The molecule has 0 spiro atoms. The van der Waals surface area contributed by atoms with E-state index in [0.29, 0.717) is 23.5 Å². The van der Waals surface area contributed by atoms with Gasteiger partial charge in [-0.15, -0.1) is 0 Å². The van der Waals surface area contributed by atoms with E-state index in [1.807, 2.05) is 25.1 Å². The lowest BCUT2D eigenvalue weighted by molar-refractivity contribution is 0.245. The molecule has 0 fully saturated rings. The van der Waals surface area contributed by atoms with E-state index < -0.39 is 0 Å². The van der Waals surface area contributed by atoms with Gasteiger partial charge in [-0.1, -0.05) is 31.2 Å². The third kappa shape index (κ3) is 6.13. The highest BCUT2D eigenvalue weighted by molar-refractivity contribution is 5.90. The van der Waals surface area contributed by atoms with Gasteiger partial charge in [0.15, 0.2) is 0 Å². The van der Waals surface area contributed by atoms with Crippen LogP contribution < -0.4 is 21.3 Å². The van der Waals surface area contributed by atoms with Crippen LogP contribution in [0.3, 0.4) is 0 Å². The van der Waals surface area contributed by atoms with E-state index in [1.54, 1.807) is 38.3 Å². The van der Waals surface area contributed by atoms with Crippen LogP contribution in [0.4, 0.5) is 15.3 Å². The van der Waals surface area contributed by atoms with Crippen molar-refractivity contribution in [3.05, 3.63) is 53.9 Å². The zero-order valence-electron chi connectivity index (χ0n) is 13.1. The van der Waals surface area contributed by atoms with E-state index in [0.717, 1.165) is 0 Å². The van der Waals surface area contributed by atoms with Gasteiger partial charge < -0.3 is 21.3 Å². The predicted octanol–water partition coefficient (Wildman–Crippen LogP) is 2.93. The second-order valence-corrected chi connectivity index (χ2v) is 4.42. The minimum absolute atomic E-state index is 0.312. The molecule has 6 nitrogen and oxygen atoms in total. The summed E-state index contributed by atoms with van der Waals surface area (Å²) in [5, 5.41) is 10.7. The highest BCUT2D eigenvalue weighted by Crippen LogP contribution is 2.06. The second-order valence-electron chi connectivity index (χ2n) is 4.42. The molecular formula is C16H22N4O2. The smallest absolute Gasteiger partial charge is 0.323 e. The van der Waals surface area contributed by atoms with Crippen molar-refractivity contribution in [3.63, 3.8) is 0 Å². The van der Waals surface area contributed by atoms with Crippen LogP contribution in [0.1, 0.15) is 20.3 Å². The fourth-order valence-electron chi connectivity index (χ4n) is 1.63. The maximum Gasteiger partial charge on any atom is 0.323 e. The average molecular weight is 302 g/mol. The molecule has 0 radical (unpaired) electrons. The highest BCUT2D eigenvalue weighted by Gasteiger charge is 2.05. The number of carbonyl (C=O) groups is 2. The van der Waals surface area contributed by atoms with Crippen LogP contribution in [0.15, 0.2) is 53.9 Å². The van der Waals surface area contributed by atoms with Crippen molar-refractivity contribution in [2.75, 3.05) is 12.4 Å². The predicted molar refractivity (Wildman–Crippen MR) is 88.3 cm³/mol. The molecular weight excluding hydrogens is 280 g/mol. The number of rotatable bonds is 5. The first-order chi connectivity index (χ1) is 10.6. The standard InChI is InChI=1S/C16H22N4O2/c1-4-12(18-15(21)17-3)11-13(5-2)19-16(22)20-14-9-7-6-8-10-14/h4,6-11H,5H2,1-3H3,(H2,17,18,21)(H2,19,20,22)/b12-4+,13-11-. The molecule has 118 valence electrons. The third-order valence-electron chi connectivity index (χ3n) is 2.81. The summed E-state index contributed by atoms with van der Waals surface area (Å²) < 4.78 is 0. The molecule has 4 amide bonds. The maximum atomic E-state index is 11.9. The minimum Gasteiger partial charge on any atom is -0.341 e. The van der Waals surface area contributed by atoms with E-state index in [-0.39, 0.29) is 12.1 Å². The van der Waals surface area contributed by atoms with Crippen molar-refractivity contribution in [1.29, 1.82) is 0 Å². The summed E-state index contributed by atoms with van der Waals surface area (Å²) in [5.74, 6) is 0. The molecule has 0 aliphatic heterocycles. The third-order valence-corrected chi connectivity index (χ3v) is 2.81. The van der Waals surface area contributed by atoms with Gasteiger partial charge >= 0.3 is 12.1 Å². The lowest BCUT2D eigenvalue weighted by Gasteiger charge is -2.11. The van der Waals surface area contributed by atoms with Crippen molar-refractivity contribution in [1.82, 2.24) is 16.0 Å². The Bertz CT molecular complexity index is 565. The van der Waals surface area contributed by atoms with Crippen LogP contribution >= 0.6 is 0 Å². The van der Waals surface area contributed by atoms with Gasteiger partial charge in [-0.2, -0.15) is 0 Å². The number of amides is 4. The van der Waals surface area contributed by atoms with Gasteiger partial charge in [0.2, 0.25) is 0 Å². The van der Waals surface area contributed by atoms with Crippen LogP contribution in [0.25, 0.3) is 0 Å².